The van der Waals surface area contributed by atoms with Gasteiger partial charge in [0, 0.05) is 12.2 Å². The second-order valence-electron chi connectivity index (χ2n) is 4.30. The van der Waals surface area contributed by atoms with Crippen molar-refractivity contribution in [2.24, 2.45) is 0 Å². The molecule has 0 unspecified atom stereocenters. The fraction of sp³-hybridized carbons (Fsp3) is 0.533. The van der Waals surface area contributed by atoms with Crippen LogP contribution in [0.25, 0.3) is 0 Å². The molecular formula is C15H24N2S. The number of benzene rings is 1. The fourth-order valence-electron chi connectivity index (χ4n) is 2.14. The smallest absolute Gasteiger partial charge is 0.0685 e. The molecule has 100 valence electrons. The van der Waals surface area contributed by atoms with Gasteiger partial charge in [-0.2, -0.15) is 0 Å². The largest absolute Gasteiger partial charge is 0.338 e. The summed E-state index contributed by atoms with van der Waals surface area (Å²) in [6.45, 7) is 11.2. The first kappa shape index (κ1) is 15.1. The molecule has 0 fully saturated rings. The van der Waals surface area contributed by atoms with Gasteiger partial charge in [-0.3, -0.25) is 0 Å². The van der Waals surface area contributed by atoms with E-state index in [4.69, 9.17) is 12.2 Å². The normalized spacial score (nSPS) is 13.0. The van der Waals surface area contributed by atoms with Gasteiger partial charge >= 0.3 is 0 Å². The third-order valence-electron chi connectivity index (χ3n) is 3.39. The van der Waals surface area contributed by atoms with Crippen LogP contribution in [0.4, 0.5) is 5.69 Å². The molecular weight excluding hydrogens is 240 g/mol. The van der Waals surface area contributed by atoms with Crippen LogP contribution in [-0.4, -0.2) is 36.6 Å². The van der Waals surface area contributed by atoms with E-state index in [-0.39, 0.29) is 0 Å². The average molecular weight is 264 g/mol. The number of rotatable bonds is 4. The number of hydrogen-bond acceptors (Lipinski definition) is 2. The second-order valence-corrected chi connectivity index (χ2v) is 4.51. The summed E-state index contributed by atoms with van der Waals surface area (Å²) in [5, 5.41) is 0. The Bertz CT molecular complexity index is 356. The molecule has 0 radical (unpaired) electrons. The quantitative estimate of drug-likeness (QED) is 0.770. The minimum atomic E-state index is 1.04. The summed E-state index contributed by atoms with van der Waals surface area (Å²) < 4.78 is 0. The van der Waals surface area contributed by atoms with E-state index in [1.807, 2.05) is 0 Å². The van der Waals surface area contributed by atoms with E-state index >= 15 is 0 Å². The van der Waals surface area contributed by atoms with Crippen molar-refractivity contribution in [3.63, 3.8) is 0 Å². The van der Waals surface area contributed by atoms with Crippen LogP contribution in [0.1, 0.15) is 26.3 Å². The van der Waals surface area contributed by atoms with E-state index in [1.54, 1.807) is 5.49 Å². The van der Waals surface area contributed by atoms with E-state index < -0.39 is 0 Å². The molecule has 0 atom stereocenters. The first-order valence-corrected chi connectivity index (χ1v) is 7.26. The Kier molecular flexibility index (Phi) is 6.91. The predicted octanol–water partition coefficient (Wildman–Crippen LogP) is 3.35. The number of para-hydroxylation sites is 1. The Morgan fingerprint density at radius 3 is 2.28 bits per heavy atom. The molecule has 2 rings (SSSR count). The van der Waals surface area contributed by atoms with Crippen molar-refractivity contribution in [1.29, 1.82) is 0 Å². The molecule has 1 aromatic rings. The van der Waals surface area contributed by atoms with Gasteiger partial charge in [-0.15, -0.1) is 0 Å². The first-order chi connectivity index (χ1) is 8.76. The standard InChI is InChI=1S/C9H9NS.C6H15N/c11-7-10-6-5-8-3-1-2-4-9(8)10;1-4-7(5-2)6-3/h1-4,7H,5-6H2;4-6H2,1-3H3. The fourth-order valence-corrected chi connectivity index (χ4v) is 2.36. The molecule has 1 aromatic carbocycles. The molecule has 0 amide bonds. The number of nitrogens with zero attached hydrogens (tertiary/aromatic N) is 2. The van der Waals surface area contributed by atoms with Gasteiger partial charge in [0.15, 0.2) is 0 Å². The van der Waals surface area contributed by atoms with Gasteiger partial charge in [0.05, 0.1) is 5.49 Å². The van der Waals surface area contributed by atoms with Gasteiger partial charge in [0.25, 0.3) is 0 Å². The first-order valence-electron chi connectivity index (χ1n) is 6.78. The summed E-state index contributed by atoms with van der Waals surface area (Å²) in [5.41, 5.74) is 4.42. The minimum Gasteiger partial charge on any atom is -0.338 e. The van der Waals surface area contributed by atoms with Crippen LogP contribution in [0, 0.1) is 0 Å². The highest BCUT2D eigenvalue weighted by Gasteiger charge is 2.15. The molecule has 0 N–H and O–H groups in total. The molecule has 0 spiro atoms. The zero-order valence-corrected chi connectivity index (χ0v) is 12.5. The van der Waals surface area contributed by atoms with E-state index in [2.05, 4.69) is 54.8 Å². The van der Waals surface area contributed by atoms with Crippen molar-refractivity contribution >= 4 is 23.4 Å². The number of anilines is 1. The van der Waals surface area contributed by atoms with E-state index in [0.29, 0.717) is 0 Å². The van der Waals surface area contributed by atoms with E-state index in [1.165, 1.54) is 30.9 Å². The predicted molar refractivity (Wildman–Crippen MR) is 84.6 cm³/mol. The molecule has 1 aliphatic rings. The van der Waals surface area contributed by atoms with Crippen LogP contribution >= 0.6 is 12.2 Å². The molecule has 0 bridgehead atoms. The van der Waals surface area contributed by atoms with E-state index in [0.717, 1.165) is 13.0 Å². The zero-order valence-electron chi connectivity index (χ0n) is 11.7. The van der Waals surface area contributed by atoms with Crippen molar-refractivity contribution in [3.8, 4) is 0 Å². The molecule has 0 saturated heterocycles. The van der Waals surface area contributed by atoms with Crippen molar-refractivity contribution < 1.29 is 0 Å². The molecule has 0 saturated carbocycles. The van der Waals surface area contributed by atoms with Crippen LogP contribution in [0.5, 0.6) is 0 Å². The summed E-state index contributed by atoms with van der Waals surface area (Å²) in [4.78, 5) is 4.49. The third-order valence-corrected chi connectivity index (χ3v) is 3.65. The van der Waals surface area contributed by atoms with E-state index in [9.17, 15) is 0 Å². The zero-order chi connectivity index (χ0) is 13.4. The number of thiocarbonyl (C=S) groups is 1. The van der Waals surface area contributed by atoms with Crippen molar-refractivity contribution in [2.75, 3.05) is 31.1 Å². The van der Waals surface area contributed by atoms with Gasteiger partial charge in [-0.25, -0.2) is 0 Å². The summed E-state index contributed by atoms with van der Waals surface area (Å²) in [7, 11) is 0. The van der Waals surface area contributed by atoms with Gasteiger partial charge in [0.2, 0.25) is 0 Å². The van der Waals surface area contributed by atoms with Gasteiger partial charge in [-0.05, 0) is 37.7 Å². The van der Waals surface area contributed by atoms with Crippen molar-refractivity contribution in [1.82, 2.24) is 4.90 Å². The highest BCUT2D eigenvalue weighted by atomic mass is 32.1. The SMILES string of the molecule is CCN(CC)CC.S=CN1CCc2ccccc21. The summed E-state index contributed by atoms with van der Waals surface area (Å²) in [5.74, 6) is 0. The lowest BCUT2D eigenvalue weighted by Crippen LogP contribution is -2.21. The molecule has 1 heterocycles. The minimum absolute atomic E-state index is 1.04. The summed E-state index contributed by atoms with van der Waals surface area (Å²) >= 11 is 4.89. The van der Waals surface area contributed by atoms with Crippen molar-refractivity contribution in [3.05, 3.63) is 29.8 Å². The maximum Gasteiger partial charge on any atom is 0.0685 e. The monoisotopic (exact) mass is 264 g/mol. The van der Waals surface area contributed by atoms with Crippen LogP contribution in [-0.2, 0) is 6.42 Å². The van der Waals surface area contributed by atoms with Gasteiger partial charge in [0.1, 0.15) is 0 Å². The topological polar surface area (TPSA) is 6.48 Å². The summed E-state index contributed by atoms with van der Waals surface area (Å²) in [6, 6.07) is 8.40. The maximum atomic E-state index is 4.89. The second kappa shape index (κ2) is 8.22. The molecule has 1 aliphatic heterocycles. The van der Waals surface area contributed by atoms with Crippen LogP contribution in [0.15, 0.2) is 24.3 Å². The lowest BCUT2D eigenvalue weighted by atomic mass is 10.2. The Labute approximate surface area is 117 Å². The van der Waals surface area contributed by atoms with Gasteiger partial charge < -0.3 is 9.80 Å². The highest BCUT2D eigenvalue weighted by Crippen LogP contribution is 2.25. The Morgan fingerprint density at radius 2 is 1.78 bits per heavy atom. The van der Waals surface area contributed by atoms with Crippen LogP contribution in [0.3, 0.4) is 0 Å². The third kappa shape index (κ3) is 4.07. The van der Waals surface area contributed by atoms with Crippen molar-refractivity contribution in [2.45, 2.75) is 27.2 Å². The highest BCUT2D eigenvalue weighted by molar-refractivity contribution is 7.79. The van der Waals surface area contributed by atoms with Gasteiger partial charge in [-0.1, -0.05) is 51.2 Å². The molecule has 2 nitrogen and oxygen atoms in total. The molecule has 18 heavy (non-hydrogen) atoms. The Morgan fingerprint density at radius 1 is 1.17 bits per heavy atom. The summed E-state index contributed by atoms with van der Waals surface area (Å²) in [6.07, 6.45) is 1.13. The lowest BCUT2D eigenvalue weighted by Gasteiger charge is -2.13. The molecule has 0 aromatic heterocycles. The van der Waals surface area contributed by atoms with Crippen LogP contribution < -0.4 is 4.90 Å². The molecule has 0 aliphatic carbocycles. The lowest BCUT2D eigenvalue weighted by molar-refractivity contribution is 0.321. The Hall–Kier alpha value is -0.930. The van der Waals surface area contributed by atoms with Crippen LogP contribution in [0.2, 0.25) is 0 Å². The number of hydrogen-bond donors (Lipinski definition) is 0. The average Bonchev–Trinajstić information content (AvgIpc) is 2.84. The maximum absolute atomic E-state index is 4.89. The Balaban J connectivity index is 0.000000203. The molecule has 3 heteroatoms. The number of fused-ring (bicyclic) bond motifs is 1.